The van der Waals surface area contributed by atoms with Gasteiger partial charge in [0.1, 0.15) is 6.04 Å². The van der Waals surface area contributed by atoms with E-state index in [1.54, 1.807) is 40.7 Å². The van der Waals surface area contributed by atoms with Gasteiger partial charge in [0.05, 0.1) is 16.8 Å². The van der Waals surface area contributed by atoms with Crippen molar-refractivity contribution < 1.29 is 18.0 Å². The highest BCUT2D eigenvalue weighted by Gasteiger charge is 2.42. The predicted octanol–water partition coefficient (Wildman–Crippen LogP) is 4.84. The molecule has 0 aliphatic carbocycles. The molecule has 10 heteroatoms. The maximum atomic E-state index is 13.2. The first kappa shape index (κ1) is 21.0. The first-order valence-corrected chi connectivity index (χ1v) is 10.3. The van der Waals surface area contributed by atoms with E-state index in [1.807, 2.05) is 18.2 Å². The summed E-state index contributed by atoms with van der Waals surface area (Å²) in [5, 5.41) is 8.12. The minimum Gasteiger partial charge on any atom is -0.339 e. The number of nitrogens with zero attached hydrogens (tertiary/aromatic N) is 4. The van der Waals surface area contributed by atoms with Gasteiger partial charge in [-0.15, -0.1) is 11.3 Å². The minimum absolute atomic E-state index is 0.189. The van der Waals surface area contributed by atoms with Crippen molar-refractivity contribution in [2.24, 2.45) is 5.92 Å². The molecule has 0 spiro atoms. The Kier molecular flexibility index (Phi) is 5.48. The van der Waals surface area contributed by atoms with Gasteiger partial charge in [-0.05, 0) is 35.1 Å². The van der Waals surface area contributed by atoms with E-state index < -0.39 is 24.0 Å². The monoisotopic (exact) mass is 445 g/mol. The number of alkyl halides is 3. The number of carbonyl (C=O) groups is 1. The lowest BCUT2D eigenvalue weighted by atomic mass is 10.0. The SMILES string of the molecule is CC(C)[C@@H](NC(=O)c1cc(-c2cnn3cc(-c4ccccn4)cnc23)cs1)C(F)(F)F. The van der Waals surface area contributed by atoms with Crippen LogP contribution in [0, 0.1) is 5.92 Å². The first-order chi connectivity index (χ1) is 14.7. The topological polar surface area (TPSA) is 72.2 Å². The Hall–Kier alpha value is -3.27. The molecule has 0 bridgehead atoms. The van der Waals surface area contributed by atoms with Crippen molar-refractivity contribution in [2.45, 2.75) is 26.1 Å². The van der Waals surface area contributed by atoms with Crippen LogP contribution >= 0.6 is 11.3 Å². The number of rotatable bonds is 5. The second-order valence-corrected chi connectivity index (χ2v) is 8.23. The van der Waals surface area contributed by atoms with Crippen molar-refractivity contribution in [3.63, 3.8) is 0 Å². The van der Waals surface area contributed by atoms with Crippen LogP contribution in [0.25, 0.3) is 28.0 Å². The summed E-state index contributed by atoms with van der Waals surface area (Å²) in [4.78, 5) is 21.4. The van der Waals surface area contributed by atoms with Crippen molar-refractivity contribution >= 4 is 22.9 Å². The van der Waals surface area contributed by atoms with Crippen LogP contribution in [-0.4, -0.2) is 37.7 Å². The fourth-order valence-electron chi connectivity index (χ4n) is 3.18. The molecular weight excluding hydrogens is 427 g/mol. The molecule has 4 aromatic heterocycles. The molecule has 1 amide bonds. The van der Waals surface area contributed by atoms with Crippen LogP contribution in [0.5, 0.6) is 0 Å². The van der Waals surface area contributed by atoms with Crippen LogP contribution in [-0.2, 0) is 0 Å². The molecule has 4 heterocycles. The fourth-order valence-corrected chi connectivity index (χ4v) is 3.99. The van der Waals surface area contributed by atoms with Crippen molar-refractivity contribution in [2.75, 3.05) is 0 Å². The molecule has 4 aromatic rings. The lowest BCUT2D eigenvalue weighted by molar-refractivity contribution is -0.162. The Morgan fingerprint density at radius 1 is 1.16 bits per heavy atom. The molecule has 160 valence electrons. The molecule has 31 heavy (non-hydrogen) atoms. The van der Waals surface area contributed by atoms with Gasteiger partial charge in [0.2, 0.25) is 0 Å². The number of hydrogen-bond donors (Lipinski definition) is 1. The third-order valence-corrected chi connectivity index (χ3v) is 5.69. The van der Waals surface area contributed by atoms with Gasteiger partial charge in [-0.2, -0.15) is 18.3 Å². The van der Waals surface area contributed by atoms with Crippen LogP contribution in [0.3, 0.4) is 0 Å². The van der Waals surface area contributed by atoms with E-state index in [0.29, 0.717) is 16.8 Å². The number of amides is 1. The van der Waals surface area contributed by atoms with E-state index in [4.69, 9.17) is 0 Å². The summed E-state index contributed by atoms with van der Waals surface area (Å²) in [6.07, 6.45) is 2.27. The van der Waals surface area contributed by atoms with Gasteiger partial charge in [-0.25, -0.2) is 9.50 Å². The Labute approximate surface area is 179 Å². The van der Waals surface area contributed by atoms with E-state index in [9.17, 15) is 18.0 Å². The van der Waals surface area contributed by atoms with Gasteiger partial charge in [0, 0.05) is 29.7 Å². The van der Waals surface area contributed by atoms with Crippen LogP contribution in [0.2, 0.25) is 0 Å². The van der Waals surface area contributed by atoms with Gasteiger partial charge >= 0.3 is 6.18 Å². The second kappa shape index (κ2) is 8.10. The number of halogens is 3. The van der Waals surface area contributed by atoms with Gasteiger partial charge < -0.3 is 5.32 Å². The van der Waals surface area contributed by atoms with Gasteiger partial charge in [-0.3, -0.25) is 9.78 Å². The van der Waals surface area contributed by atoms with Gasteiger partial charge in [0.25, 0.3) is 5.91 Å². The molecule has 0 saturated heterocycles. The van der Waals surface area contributed by atoms with Crippen LogP contribution in [0.15, 0.2) is 54.4 Å². The molecule has 4 rings (SSSR count). The van der Waals surface area contributed by atoms with Crippen molar-refractivity contribution in [1.82, 2.24) is 24.9 Å². The summed E-state index contributed by atoms with van der Waals surface area (Å²) in [5.41, 5.74) is 3.46. The highest BCUT2D eigenvalue weighted by atomic mass is 32.1. The Morgan fingerprint density at radius 3 is 2.65 bits per heavy atom. The lowest BCUT2D eigenvalue weighted by Crippen LogP contribution is -2.48. The molecule has 1 N–H and O–H groups in total. The number of thiophene rings is 1. The summed E-state index contributed by atoms with van der Waals surface area (Å²) in [6, 6.07) is 5.21. The molecule has 0 saturated carbocycles. The zero-order valence-corrected chi connectivity index (χ0v) is 17.4. The predicted molar refractivity (Wildman–Crippen MR) is 112 cm³/mol. The van der Waals surface area contributed by atoms with Crippen LogP contribution in [0.1, 0.15) is 23.5 Å². The summed E-state index contributed by atoms with van der Waals surface area (Å²) >= 11 is 1.07. The van der Waals surface area contributed by atoms with Gasteiger partial charge in [-0.1, -0.05) is 19.9 Å². The lowest BCUT2D eigenvalue weighted by Gasteiger charge is -2.24. The molecule has 0 aliphatic heterocycles. The summed E-state index contributed by atoms with van der Waals surface area (Å²) in [6.45, 7) is 2.84. The molecule has 0 unspecified atom stereocenters. The summed E-state index contributed by atoms with van der Waals surface area (Å²) < 4.78 is 41.1. The van der Waals surface area contributed by atoms with E-state index in [0.717, 1.165) is 22.6 Å². The standard InChI is InChI=1S/C21H18F3N5OS/c1-12(2)18(21(22,23)24)28-20(30)17-7-13(11-31-17)15-9-27-29-10-14(8-26-19(15)29)16-5-3-4-6-25-16/h3-12,18H,1-2H3,(H,28,30)/t18-/m1/s1. The Balaban J connectivity index is 1.59. The zero-order chi connectivity index (χ0) is 22.2. The van der Waals surface area contributed by atoms with E-state index in [1.165, 1.54) is 13.8 Å². The zero-order valence-electron chi connectivity index (χ0n) is 16.6. The molecule has 0 radical (unpaired) electrons. The molecule has 1 atom stereocenters. The highest BCUT2D eigenvalue weighted by Crippen LogP contribution is 2.30. The number of hydrogen-bond acceptors (Lipinski definition) is 5. The maximum Gasteiger partial charge on any atom is 0.408 e. The molecule has 0 fully saturated rings. The van der Waals surface area contributed by atoms with Crippen molar-refractivity contribution in [1.29, 1.82) is 0 Å². The quantitative estimate of drug-likeness (QED) is 0.477. The fraction of sp³-hybridized carbons (Fsp3) is 0.238. The molecule has 0 aromatic carbocycles. The second-order valence-electron chi connectivity index (χ2n) is 7.32. The Morgan fingerprint density at radius 2 is 1.97 bits per heavy atom. The highest BCUT2D eigenvalue weighted by molar-refractivity contribution is 7.12. The largest absolute Gasteiger partial charge is 0.408 e. The van der Waals surface area contributed by atoms with E-state index in [-0.39, 0.29) is 4.88 Å². The summed E-state index contributed by atoms with van der Waals surface area (Å²) in [5.74, 6) is -1.53. The van der Waals surface area contributed by atoms with Crippen molar-refractivity contribution in [3.8, 4) is 22.4 Å². The van der Waals surface area contributed by atoms with E-state index in [2.05, 4.69) is 20.4 Å². The normalized spacial score (nSPS) is 13.0. The average molecular weight is 445 g/mol. The molecular formula is C21H18F3N5OS. The number of nitrogens with one attached hydrogen (secondary N) is 1. The minimum atomic E-state index is -4.51. The van der Waals surface area contributed by atoms with Gasteiger partial charge in [0.15, 0.2) is 5.65 Å². The number of fused-ring (bicyclic) bond motifs is 1. The first-order valence-electron chi connectivity index (χ1n) is 9.45. The maximum absolute atomic E-state index is 13.2. The third kappa shape index (κ3) is 4.29. The van der Waals surface area contributed by atoms with Crippen LogP contribution < -0.4 is 5.32 Å². The number of pyridine rings is 1. The number of aromatic nitrogens is 4. The molecule has 6 nitrogen and oxygen atoms in total. The smallest absolute Gasteiger partial charge is 0.339 e. The van der Waals surface area contributed by atoms with Crippen molar-refractivity contribution in [3.05, 3.63) is 59.3 Å². The summed E-state index contributed by atoms with van der Waals surface area (Å²) in [7, 11) is 0. The third-order valence-electron chi connectivity index (χ3n) is 4.76. The number of carbonyl (C=O) groups excluding carboxylic acids is 1. The Bertz CT molecular complexity index is 1220. The van der Waals surface area contributed by atoms with E-state index >= 15 is 0 Å². The van der Waals surface area contributed by atoms with Crippen LogP contribution in [0.4, 0.5) is 13.2 Å². The molecule has 0 aliphatic rings. The average Bonchev–Trinajstić information content (AvgIpc) is 3.38.